The topological polar surface area (TPSA) is 96.0 Å². The number of anilines is 1. The Morgan fingerprint density at radius 2 is 1.49 bits per heavy atom. The first-order valence-electron chi connectivity index (χ1n) is 12.3. The summed E-state index contributed by atoms with van der Waals surface area (Å²) in [6.07, 6.45) is 0. The molecule has 0 unspecified atom stereocenters. The predicted octanol–water partition coefficient (Wildman–Crippen LogP) is 5.05. The van der Waals surface area contributed by atoms with Crippen molar-refractivity contribution in [2.24, 2.45) is 0 Å². The molecule has 0 fully saturated rings. The van der Waals surface area contributed by atoms with E-state index < -0.39 is 22.0 Å². The van der Waals surface area contributed by atoms with Crippen molar-refractivity contribution in [3.8, 4) is 16.9 Å². The number of carbonyl (C=O) groups excluding carboxylic acids is 2. The maximum absolute atomic E-state index is 13.6. The Bertz CT molecular complexity index is 1620. The van der Waals surface area contributed by atoms with Crippen LogP contribution in [0.2, 0.25) is 0 Å². The zero-order valence-electron chi connectivity index (χ0n) is 21.5. The van der Waals surface area contributed by atoms with Gasteiger partial charge in [0.15, 0.2) is 0 Å². The van der Waals surface area contributed by atoms with Crippen LogP contribution < -0.4 is 15.0 Å². The van der Waals surface area contributed by atoms with E-state index in [-0.39, 0.29) is 29.2 Å². The fourth-order valence-electron chi connectivity index (χ4n) is 4.41. The summed E-state index contributed by atoms with van der Waals surface area (Å²) in [4.78, 5) is 27.2. The summed E-state index contributed by atoms with van der Waals surface area (Å²) in [6, 6.07) is 28.1. The molecule has 1 heterocycles. The summed E-state index contributed by atoms with van der Waals surface area (Å²) in [5, 5.41) is 2.81. The van der Waals surface area contributed by atoms with Gasteiger partial charge >= 0.3 is 6.03 Å². The fourth-order valence-corrected chi connectivity index (χ4v) is 6.04. The average Bonchev–Trinajstić information content (AvgIpc) is 2.98. The zero-order chi connectivity index (χ0) is 27.6. The number of benzene rings is 4. The Hall–Kier alpha value is -4.63. The molecule has 5 rings (SSSR count). The van der Waals surface area contributed by atoms with Crippen LogP contribution in [0.3, 0.4) is 0 Å². The van der Waals surface area contributed by atoms with Crippen molar-refractivity contribution in [1.29, 1.82) is 0 Å². The third kappa shape index (κ3) is 5.21. The number of amides is 3. The number of carbonyl (C=O) groups is 2. The van der Waals surface area contributed by atoms with Crippen LogP contribution in [0.25, 0.3) is 11.1 Å². The van der Waals surface area contributed by atoms with Crippen molar-refractivity contribution in [3.05, 3.63) is 114 Å². The maximum atomic E-state index is 13.6. The molecule has 0 aliphatic carbocycles. The van der Waals surface area contributed by atoms with E-state index in [2.05, 4.69) is 5.32 Å². The van der Waals surface area contributed by atoms with E-state index in [4.69, 9.17) is 4.74 Å². The maximum Gasteiger partial charge on any atom is 0.338 e. The Morgan fingerprint density at radius 1 is 0.846 bits per heavy atom. The number of sulfonamides is 1. The molecule has 1 aliphatic heterocycles. The number of fused-ring (bicyclic) bond motifs is 1. The van der Waals surface area contributed by atoms with Crippen LogP contribution in [0, 0.1) is 0 Å². The number of urea groups is 1. The normalized spacial score (nSPS) is 14.1. The molecule has 1 N–H and O–H groups in total. The van der Waals surface area contributed by atoms with E-state index in [0.717, 1.165) is 21.0 Å². The van der Waals surface area contributed by atoms with Crippen LogP contribution in [0.5, 0.6) is 5.75 Å². The highest BCUT2D eigenvalue weighted by Crippen LogP contribution is 2.35. The van der Waals surface area contributed by atoms with E-state index in [1.165, 1.54) is 30.1 Å². The van der Waals surface area contributed by atoms with Crippen molar-refractivity contribution in [2.75, 3.05) is 19.1 Å². The van der Waals surface area contributed by atoms with Crippen LogP contribution in [0.15, 0.2) is 102 Å². The minimum Gasteiger partial charge on any atom is -0.497 e. The van der Waals surface area contributed by atoms with Gasteiger partial charge in [0.25, 0.3) is 15.9 Å². The number of hydrogen-bond donors (Lipinski definition) is 1. The second-order valence-corrected chi connectivity index (χ2v) is 11.0. The van der Waals surface area contributed by atoms with Crippen molar-refractivity contribution < 1.29 is 22.7 Å². The molecule has 0 bridgehead atoms. The Kier molecular flexibility index (Phi) is 7.08. The predicted molar refractivity (Wildman–Crippen MR) is 149 cm³/mol. The third-order valence-corrected chi connectivity index (χ3v) is 8.40. The zero-order valence-corrected chi connectivity index (χ0v) is 22.3. The summed E-state index contributed by atoms with van der Waals surface area (Å²) < 4.78 is 33.2. The van der Waals surface area contributed by atoms with Gasteiger partial charge in [-0.2, -0.15) is 0 Å². The van der Waals surface area contributed by atoms with Gasteiger partial charge in [-0.15, -0.1) is 0 Å². The number of nitrogens with one attached hydrogen (secondary N) is 1. The summed E-state index contributed by atoms with van der Waals surface area (Å²) in [5.41, 5.74) is 3.96. The van der Waals surface area contributed by atoms with Gasteiger partial charge in [0, 0.05) is 19.2 Å². The molecule has 0 aromatic heterocycles. The smallest absolute Gasteiger partial charge is 0.338 e. The van der Waals surface area contributed by atoms with Crippen LogP contribution in [0.4, 0.5) is 10.5 Å². The SMILES string of the molecule is COc1ccc(CNC(=O)c2ccc3c(c2)S(=O)(=O)N(Cc2ccc(-c4ccccc4)cc2)C(=O)N3C)cc1. The molecular formula is C30H27N3O5S. The first-order chi connectivity index (χ1) is 18.8. The summed E-state index contributed by atoms with van der Waals surface area (Å²) in [5.74, 6) is 0.284. The van der Waals surface area contributed by atoms with Crippen molar-refractivity contribution in [3.63, 3.8) is 0 Å². The largest absolute Gasteiger partial charge is 0.497 e. The quantitative estimate of drug-likeness (QED) is 0.353. The number of rotatable bonds is 7. The van der Waals surface area contributed by atoms with E-state index in [1.54, 1.807) is 19.2 Å². The minimum atomic E-state index is -4.21. The number of hydrogen-bond acceptors (Lipinski definition) is 5. The lowest BCUT2D eigenvalue weighted by Crippen LogP contribution is -2.48. The summed E-state index contributed by atoms with van der Waals surface area (Å²) >= 11 is 0. The third-order valence-electron chi connectivity index (χ3n) is 6.65. The molecule has 3 amide bonds. The fraction of sp³-hybridized carbons (Fsp3) is 0.133. The molecule has 1 aliphatic rings. The molecule has 9 heteroatoms. The Labute approximate surface area is 227 Å². The van der Waals surface area contributed by atoms with Gasteiger partial charge in [-0.1, -0.05) is 66.7 Å². The van der Waals surface area contributed by atoms with Crippen LogP contribution in [-0.2, 0) is 23.1 Å². The summed E-state index contributed by atoms with van der Waals surface area (Å²) in [6.45, 7) is 0.129. The highest BCUT2D eigenvalue weighted by atomic mass is 32.2. The first-order valence-corrected chi connectivity index (χ1v) is 13.7. The molecule has 0 atom stereocenters. The van der Waals surface area contributed by atoms with Crippen LogP contribution in [-0.4, -0.2) is 38.8 Å². The van der Waals surface area contributed by atoms with Gasteiger partial charge < -0.3 is 10.1 Å². The van der Waals surface area contributed by atoms with Gasteiger partial charge in [0.2, 0.25) is 0 Å². The van der Waals surface area contributed by atoms with Crippen molar-refractivity contribution >= 4 is 27.6 Å². The lowest BCUT2D eigenvalue weighted by molar-refractivity contribution is 0.0950. The van der Waals surface area contributed by atoms with Gasteiger partial charge in [0.1, 0.15) is 10.6 Å². The molecule has 4 aromatic carbocycles. The molecule has 0 radical (unpaired) electrons. The highest BCUT2D eigenvalue weighted by molar-refractivity contribution is 7.90. The van der Waals surface area contributed by atoms with Crippen LogP contribution >= 0.6 is 0 Å². The van der Waals surface area contributed by atoms with E-state index in [1.807, 2.05) is 66.7 Å². The molecule has 8 nitrogen and oxygen atoms in total. The molecule has 39 heavy (non-hydrogen) atoms. The van der Waals surface area contributed by atoms with Crippen LogP contribution in [0.1, 0.15) is 21.5 Å². The standard InChI is InChI=1S/C30H27N3O5S/c1-32-27-17-14-25(29(34)31-19-21-10-15-26(38-2)16-11-21)18-28(27)39(36,37)33(30(32)35)20-22-8-12-24(13-9-22)23-6-4-3-5-7-23/h3-18H,19-20H2,1-2H3,(H,31,34). The second-order valence-electron chi connectivity index (χ2n) is 9.13. The molecule has 0 spiro atoms. The van der Waals surface area contributed by atoms with Gasteiger partial charge in [-0.05, 0) is 52.6 Å². The van der Waals surface area contributed by atoms with E-state index in [0.29, 0.717) is 11.3 Å². The number of ether oxygens (including phenoxy) is 1. The number of nitrogens with zero attached hydrogens (tertiary/aromatic N) is 2. The lowest BCUT2D eigenvalue weighted by Gasteiger charge is -2.34. The van der Waals surface area contributed by atoms with E-state index in [9.17, 15) is 18.0 Å². The monoisotopic (exact) mass is 541 g/mol. The molecule has 198 valence electrons. The average molecular weight is 542 g/mol. The van der Waals surface area contributed by atoms with Crippen molar-refractivity contribution in [1.82, 2.24) is 9.62 Å². The van der Waals surface area contributed by atoms with Gasteiger partial charge in [-0.3, -0.25) is 9.69 Å². The molecule has 0 saturated heterocycles. The molecule has 4 aromatic rings. The lowest BCUT2D eigenvalue weighted by atomic mass is 10.0. The highest BCUT2D eigenvalue weighted by Gasteiger charge is 2.40. The molecule has 0 saturated carbocycles. The molecular weight excluding hydrogens is 514 g/mol. The summed E-state index contributed by atoms with van der Waals surface area (Å²) in [7, 11) is -1.11. The van der Waals surface area contributed by atoms with E-state index >= 15 is 0 Å². The Balaban J connectivity index is 1.36. The Morgan fingerprint density at radius 3 is 2.15 bits per heavy atom. The van der Waals surface area contributed by atoms with Crippen molar-refractivity contribution in [2.45, 2.75) is 18.0 Å². The number of methoxy groups -OCH3 is 1. The first kappa shape index (κ1) is 26.0. The van der Waals surface area contributed by atoms with Gasteiger partial charge in [-0.25, -0.2) is 17.5 Å². The minimum absolute atomic E-state index is 0.0948. The second kappa shape index (κ2) is 10.6. The van der Waals surface area contributed by atoms with Gasteiger partial charge in [0.05, 0.1) is 19.3 Å².